The van der Waals surface area contributed by atoms with Crippen LogP contribution in [0.2, 0.25) is 0 Å². The van der Waals surface area contributed by atoms with Crippen LogP contribution < -0.4 is 10.6 Å². The van der Waals surface area contributed by atoms with Crippen LogP contribution in [-0.2, 0) is 16.1 Å². The summed E-state index contributed by atoms with van der Waals surface area (Å²) in [5.74, 6) is 6.90. The Morgan fingerprint density at radius 1 is 0.948 bits per heavy atom. The summed E-state index contributed by atoms with van der Waals surface area (Å²) in [5, 5.41) is 20.7. The van der Waals surface area contributed by atoms with Gasteiger partial charge in [-0.05, 0) is 83.4 Å². The fraction of sp³-hybridized carbons (Fsp3) is 0.476. The van der Waals surface area contributed by atoms with Crippen molar-refractivity contribution in [3.05, 3.63) is 74.9 Å². The lowest BCUT2D eigenvalue weighted by Crippen LogP contribution is -2.54. The number of nitrogens with one attached hydrogen (secondary N) is 2. The summed E-state index contributed by atoms with van der Waals surface area (Å²) in [4.78, 5) is 60.7. The van der Waals surface area contributed by atoms with Crippen molar-refractivity contribution >= 4 is 58.0 Å². The molecule has 7 heterocycles. The minimum atomic E-state index is -0.992. The second kappa shape index (κ2) is 15.5. The number of likely N-dealkylation sites (tertiary alicyclic amines) is 1. The van der Waals surface area contributed by atoms with E-state index in [1.54, 1.807) is 23.5 Å². The number of halogens is 1. The van der Waals surface area contributed by atoms with Gasteiger partial charge in [-0.25, -0.2) is 0 Å². The third-order valence-electron chi connectivity index (χ3n) is 12.2. The SMILES string of the molecule is Cc1c(C#Cc2cnn(CCN3CCC(Nc4cccc5c4C(=O)N(C4CCC(=O)NC4=O)C5=O)CC3)c2)sc2c1C(C1CCC(Cl)CC1)=N[C@@H](C)c1nnc(C)n1-2. The van der Waals surface area contributed by atoms with Crippen molar-refractivity contribution < 1.29 is 19.2 Å². The smallest absolute Gasteiger partial charge is 0.264 e. The molecule has 58 heavy (non-hydrogen) atoms. The molecule has 0 radical (unpaired) electrons. The lowest BCUT2D eigenvalue weighted by Gasteiger charge is -2.33. The predicted molar refractivity (Wildman–Crippen MR) is 220 cm³/mol. The van der Waals surface area contributed by atoms with E-state index in [-0.39, 0.29) is 35.9 Å². The molecule has 1 unspecified atom stereocenters. The predicted octanol–water partition coefficient (Wildman–Crippen LogP) is 5.18. The number of hydrogen-bond donors (Lipinski definition) is 2. The van der Waals surface area contributed by atoms with Gasteiger partial charge in [-0.3, -0.25) is 43.6 Å². The number of carbonyl (C=O) groups is 4. The summed E-state index contributed by atoms with van der Waals surface area (Å²) >= 11 is 8.19. The van der Waals surface area contributed by atoms with Gasteiger partial charge in [-0.15, -0.1) is 33.1 Å². The summed E-state index contributed by atoms with van der Waals surface area (Å²) < 4.78 is 4.11. The van der Waals surface area contributed by atoms with E-state index < -0.39 is 29.7 Å². The number of benzene rings is 1. The summed E-state index contributed by atoms with van der Waals surface area (Å²) in [6, 6.07) is 4.21. The highest BCUT2D eigenvalue weighted by Crippen LogP contribution is 2.42. The average molecular weight is 821 g/mol. The molecule has 2 atom stereocenters. The number of imide groups is 2. The maximum absolute atomic E-state index is 13.5. The van der Waals surface area contributed by atoms with E-state index in [9.17, 15) is 19.2 Å². The van der Waals surface area contributed by atoms with Crippen LogP contribution in [0.3, 0.4) is 0 Å². The first-order valence-electron chi connectivity index (χ1n) is 20.2. The number of aryl methyl sites for hydroxylation is 1. The number of nitrogens with zero attached hydrogens (tertiary/aromatic N) is 8. The molecule has 2 saturated heterocycles. The van der Waals surface area contributed by atoms with Crippen molar-refractivity contribution in [1.29, 1.82) is 0 Å². The number of alkyl halides is 1. The Bertz CT molecular complexity index is 2420. The molecule has 1 aliphatic carbocycles. The molecule has 16 heteroatoms. The van der Waals surface area contributed by atoms with Crippen molar-refractivity contribution in [2.75, 3.05) is 25.0 Å². The van der Waals surface area contributed by atoms with Gasteiger partial charge in [-0.1, -0.05) is 17.9 Å². The highest BCUT2D eigenvalue weighted by atomic mass is 35.5. The zero-order chi connectivity index (χ0) is 40.2. The molecule has 2 N–H and O–H groups in total. The Hall–Kier alpha value is -5.17. The maximum atomic E-state index is 13.5. The number of fused-ring (bicyclic) bond motifs is 4. The average Bonchev–Trinajstić information content (AvgIpc) is 3.96. The van der Waals surface area contributed by atoms with Gasteiger partial charge in [0.1, 0.15) is 22.9 Å². The van der Waals surface area contributed by atoms with E-state index >= 15 is 0 Å². The minimum Gasteiger partial charge on any atom is -0.382 e. The van der Waals surface area contributed by atoms with Gasteiger partial charge in [0, 0.05) is 66.6 Å². The molecular formula is C42H45ClN10O4S. The fourth-order valence-corrected chi connectivity index (χ4v) is 10.5. The van der Waals surface area contributed by atoms with Gasteiger partial charge in [-0.2, -0.15) is 5.10 Å². The lowest BCUT2D eigenvalue weighted by molar-refractivity contribution is -0.136. The van der Waals surface area contributed by atoms with Crippen LogP contribution in [0.5, 0.6) is 0 Å². The number of aliphatic imine (C=N–C) groups is 1. The van der Waals surface area contributed by atoms with Crippen LogP contribution in [0.1, 0.15) is 118 Å². The molecule has 1 aromatic carbocycles. The molecular weight excluding hydrogens is 776 g/mol. The number of anilines is 1. The zero-order valence-electron chi connectivity index (χ0n) is 32.8. The highest BCUT2D eigenvalue weighted by molar-refractivity contribution is 7.15. The molecule has 4 aromatic rings. The Labute approximate surface area is 345 Å². The summed E-state index contributed by atoms with van der Waals surface area (Å²) in [6.07, 6.45) is 9.79. The van der Waals surface area contributed by atoms with E-state index in [1.165, 1.54) is 5.56 Å². The highest BCUT2D eigenvalue weighted by Gasteiger charge is 2.46. The second-order valence-corrected chi connectivity index (χ2v) is 17.6. The van der Waals surface area contributed by atoms with E-state index in [0.29, 0.717) is 17.2 Å². The molecule has 5 aliphatic rings. The topological polar surface area (TPSA) is 160 Å². The molecule has 1 saturated carbocycles. The molecule has 300 valence electrons. The standard InChI is InChI=1S/C42H45ClN10O4S/c1-23-33(58-42-35(23)37(27-8-10-28(43)11-9-27)45-24(2)38-49-48-25(3)52(38)42)13-7-26-21-44-51(22-26)20-19-50-17-15-29(16-18-50)46-31-6-4-5-30-36(31)41(57)53(40(30)56)32-12-14-34(54)47-39(32)55/h4-6,21-22,24,27-29,32,46H,8-12,14-20H2,1-3H3,(H,47,54,55)/t24-,27?,28?,32?/m0/s1. The van der Waals surface area contributed by atoms with Crippen LogP contribution in [-0.4, -0.2) is 101 Å². The van der Waals surface area contributed by atoms with E-state index in [4.69, 9.17) is 16.6 Å². The third kappa shape index (κ3) is 7.05. The van der Waals surface area contributed by atoms with Crippen LogP contribution in [0, 0.1) is 31.6 Å². The van der Waals surface area contributed by atoms with Gasteiger partial charge >= 0.3 is 0 Å². The molecule has 3 fully saturated rings. The normalized spacial score (nSPS) is 23.7. The first-order valence-corrected chi connectivity index (χ1v) is 21.4. The Kier molecular flexibility index (Phi) is 10.3. The molecule has 3 aromatic heterocycles. The summed E-state index contributed by atoms with van der Waals surface area (Å²) in [5.41, 5.74) is 5.48. The van der Waals surface area contributed by atoms with Gasteiger partial charge in [0.05, 0.1) is 34.3 Å². The molecule has 9 rings (SSSR count). The fourth-order valence-electron chi connectivity index (χ4n) is 9.02. The number of amides is 4. The summed E-state index contributed by atoms with van der Waals surface area (Å²) in [6.45, 7) is 9.54. The van der Waals surface area contributed by atoms with Crippen LogP contribution in [0.15, 0.2) is 35.6 Å². The third-order valence-corrected chi connectivity index (χ3v) is 13.8. The molecule has 4 amide bonds. The van der Waals surface area contributed by atoms with Gasteiger partial charge in [0.15, 0.2) is 5.82 Å². The monoisotopic (exact) mass is 820 g/mol. The number of thiophene rings is 1. The van der Waals surface area contributed by atoms with Gasteiger partial charge < -0.3 is 10.2 Å². The van der Waals surface area contributed by atoms with Crippen molar-refractivity contribution in [3.63, 3.8) is 0 Å². The molecule has 0 bridgehead atoms. The molecule has 14 nitrogen and oxygen atoms in total. The van der Waals surface area contributed by atoms with Crippen molar-refractivity contribution in [2.45, 2.75) is 102 Å². The van der Waals surface area contributed by atoms with Crippen LogP contribution in [0.4, 0.5) is 5.69 Å². The van der Waals surface area contributed by atoms with E-state index in [0.717, 1.165) is 108 Å². The van der Waals surface area contributed by atoms with E-state index in [1.807, 2.05) is 30.1 Å². The quantitative estimate of drug-likeness (QED) is 0.146. The largest absolute Gasteiger partial charge is 0.382 e. The summed E-state index contributed by atoms with van der Waals surface area (Å²) in [7, 11) is 0. The zero-order valence-corrected chi connectivity index (χ0v) is 34.3. The molecule has 0 spiro atoms. The van der Waals surface area contributed by atoms with Crippen molar-refractivity contribution in [3.8, 4) is 16.8 Å². The van der Waals surface area contributed by atoms with Crippen molar-refractivity contribution in [1.82, 2.24) is 39.7 Å². The Morgan fingerprint density at radius 3 is 2.52 bits per heavy atom. The minimum absolute atomic E-state index is 0.0837. The lowest BCUT2D eigenvalue weighted by atomic mass is 9.82. The Morgan fingerprint density at radius 2 is 1.74 bits per heavy atom. The first-order chi connectivity index (χ1) is 28.0. The number of hydrogen-bond acceptors (Lipinski definition) is 11. The molecule has 4 aliphatic heterocycles. The van der Waals surface area contributed by atoms with E-state index in [2.05, 4.69) is 61.1 Å². The van der Waals surface area contributed by atoms with Gasteiger partial charge in [0.2, 0.25) is 11.8 Å². The van der Waals surface area contributed by atoms with Crippen LogP contribution >= 0.6 is 22.9 Å². The van der Waals surface area contributed by atoms with Crippen LogP contribution in [0.25, 0.3) is 5.00 Å². The number of piperidine rings is 2. The second-order valence-electron chi connectivity index (χ2n) is 16.0. The first kappa shape index (κ1) is 38.4. The van der Waals surface area contributed by atoms with Gasteiger partial charge in [0.25, 0.3) is 11.8 Å². The number of rotatable bonds is 7. The maximum Gasteiger partial charge on any atom is 0.264 e. The van der Waals surface area contributed by atoms with Crippen molar-refractivity contribution in [2.24, 2.45) is 10.9 Å². The Balaban J connectivity index is 0.827. The number of carbonyl (C=O) groups excluding carboxylic acids is 4. The number of aromatic nitrogens is 5.